The summed E-state index contributed by atoms with van der Waals surface area (Å²) in [5.74, 6) is 0.878. The van der Waals surface area contributed by atoms with Crippen LogP contribution in [0, 0.1) is 5.92 Å². The predicted octanol–water partition coefficient (Wildman–Crippen LogP) is 0.623. The van der Waals surface area contributed by atoms with E-state index in [0.29, 0.717) is 6.04 Å². The molecule has 1 saturated carbocycles. The van der Waals surface area contributed by atoms with E-state index in [1.54, 1.807) is 0 Å². The Morgan fingerprint density at radius 1 is 1.44 bits per heavy atom. The smallest absolute Gasteiger partial charge is 0.248 e. The number of hydrogen-bond donors (Lipinski definition) is 1. The van der Waals surface area contributed by atoms with Gasteiger partial charge in [-0.05, 0) is 44.7 Å². The minimum Gasteiger partial charge on any atom is -0.372 e. The lowest BCUT2D eigenvalue weighted by Gasteiger charge is -2.16. The van der Waals surface area contributed by atoms with Crippen molar-refractivity contribution in [2.75, 3.05) is 33.4 Å². The molecular formula is C12H22N2O2. The van der Waals surface area contributed by atoms with E-state index in [1.807, 2.05) is 11.9 Å². The summed E-state index contributed by atoms with van der Waals surface area (Å²) in [5, 5.41) is 3.33. The summed E-state index contributed by atoms with van der Waals surface area (Å²) in [4.78, 5) is 13.4. The van der Waals surface area contributed by atoms with E-state index < -0.39 is 0 Å². The Labute approximate surface area is 97.3 Å². The maximum atomic E-state index is 11.6. The van der Waals surface area contributed by atoms with E-state index in [1.165, 1.54) is 6.42 Å². The summed E-state index contributed by atoms with van der Waals surface area (Å²) in [7, 11) is 1.88. The minimum atomic E-state index is 0.132. The average Bonchev–Trinajstić information content (AvgIpc) is 3.01. The van der Waals surface area contributed by atoms with Gasteiger partial charge in [0.1, 0.15) is 6.61 Å². The van der Waals surface area contributed by atoms with Crippen LogP contribution in [-0.2, 0) is 9.53 Å². The minimum absolute atomic E-state index is 0.132. The van der Waals surface area contributed by atoms with Crippen LogP contribution in [0.25, 0.3) is 0 Å². The van der Waals surface area contributed by atoms with Gasteiger partial charge in [-0.1, -0.05) is 0 Å². The summed E-state index contributed by atoms with van der Waals surface area (Å²) in [6, 6.07) is 0.495. The van der Waals surface area contributed by atoms with Gasteiger partial charge < -0.3 is 15.0 Å². The van der Waals surface area contributed by atoms with Crippen molar-refractivity contribution in [1.29, 1.82) is 0 Å². The van der Waals surface area contributed by atoms with Crippen LogP contribution in [0.1, 0.15) is 25.7 Å². The second-order valence-corrected chi connectivity index (χ2v) is 4.94. The van der Waals surface area contributed by atoms with Gasteiger partial charge in [-0.3, -0.25) is 4.79 Å². The fraction of sp³-hybridized carbons (Fsp3) is 0.917. The maximum Gasteiger partial charge on any atom is 0.248 e. The first kappa shape index (κ1) is 11.9. The summed E-state index contributed by atoms with van der Waals surface area (Å²) in [6.45, 7) is 3.22. The third kappa shape index (κ3) is 3.46. The van der Waals surface area contributed by atoms with Gasteiger partial charge in [0, 0.05) is 19.7 Å². The highest BCUT2D eigenvalue weighted by Gasteiger charge is 2.29. The molecule has 1 N–H and O–H groups in total. The molecule has 4 heteroatoms. The first-order valence-corrected chi connectivity index (χ1v) is 6.31. The standard InChI is InChI=1S/C12H22N2O2/c1-14(11-2-3-11)12(15)9-16-7-5-10-4-6-13-8-10/h10-11,13H,2-9H2,1H3. The molecule has 0 aromatic heterocycles. The van der Waals surface area contributed by atoms with Gasteiger partial charge >= 0.3 is 0 Å². The number of ether oxygens (including phenoxy) is 1. The van der Waals surface area contributed by atoms with Gasteiger partial charge in [-0.25, -0.2) is 0 Å². The largest absolute Gasteiger partial charge is 0.372 e. The van der Waals surface area contributed by atoms with Gasteiger partial charge in [0.15, 0.2) is 0 Å². The molecule has 16 heavy (non-hydrogen) atoms. The molecule has 2 rings (SSSR count). The molecule has 1 amide bonds. The monoisotopic (exact) mass is 226 g/mol. The molecule has 0 aromatic rings. The molecule has 0 radical (unpaired) electrons. The van der Waals surface area contributed by atoms with Gasteiger partial charge in [-0.2, -0.15) is 0 Å². The topological polar surface area (TPSA) is 41.6 Å². The van der Waals surface area contributed by atoms with E-state index >= 15 is 0 Å². The highest BCUT2D eigenvalue weighted by atomic mass is 16.5. The molecule has 2 aliphatic rings. The summed E-state index contributed by atoms with van der Waals surface area (Å²) >= 11 is 0. The van der Waals surface area contributed by atoms with Crippen molar-refractivity contribution >= 4 is 5.91 Å². The predicted molar refractivity (Wildman–Crippen MR) is 62.2 cm³/mol. The number of hydrogen-bond acceptors (Lipinski definition) is 3. The van der Waals surface area contributed by atoms with Crippen molar-refractivity contribution in [2.24, 2.45) is 5.92 Å². The van der Waals surface area contributed by atoms with E-state index in [0.717, 1.165) is 44.9 Å². The van der Waals surface area contributed by atoms with Crippen LogP contribution in [0.15, 0.2) is 0 Å². The summed E-state index contributed by atoms with van der Waals surface area (Å²) < 4.78 is 5.44. The molecule has 1 atom stereocenters. The second-order valence-electron chi connectivity index (χ2n) is 4.94. The Kier molecular flexibility index (Phi) is 4.18. The highest BCUT2D eigenvalue weighted by molar-refractivity contribution is 5.77. The van der Waals surface area contributed by atoms with Crippen molar-refractivity contribution in [3.8, 4) is 0 Å². The van der Waals surface area contributed by atoms with E-state index in [-0.39, 0.29) is 12.5 Å². The van der Waals surface area contributed by atoms with Crippen molar-refractivity contribution in [2.45, 2.75) is 31.7 Å². The first-order valence-electron chi connectivity index (χ1n) is 6.31. The molecule has 0 bridgehead atoms. The fourth-order valence-corrected chi connectivity index (χ4v) is 2.14. The first-order chi connectivity index (χ1) is 7.77. The maximum absolute atomic E-state index is 11.6. The van der Waals surface area contributed by atoms with Gasteiger partial charge in [0.25, 0.3) is 0 Å². The fourth-order valence-electron chi connectivity index (χ4n) is 2.14. The normalized spacial score (nSPS) is 24.7. The Morgan fingerprint density at radius 3 is 2.88 bits per heavy atom. The number of likely N-dealkylation sites (N-methyl/N-ethyl adjacent to an activating group) is 1. The Bertz CT molecular complexity index is 235. The van der Waals surface area contributed by atoms with Crippen LogP contribution in [-0.4, -0.2) is 50.2 Å². The van der Waals surface area contributed by atoms with Crippen LogP contribution in [0.3, 0.4) is 0 Å². The summed E-state index contributed by atoms with van der Waals surface area (Å²) in [5.41, 5.74) is 0. The lowest BCUT2D eigenvalue weighted by molar-refractivity contribution is -0.135. The van der Waals surface area contributed by atoms with Gasteiger partial charge in [0.05, 0.1) is 0 Å². The van der Waals surface area contributed by atoms with Crippen LogP contribution in [0.4, 0.5) is 0 Å². The van der Waals surface area contributed by atoms with Gasteiger partial charge in [0.2, 0.25) is 5.91 Å². The van der Waals surface area contributed by atoms with E-state index in [4.69, 9.17) is 4.74 Å². The lowest BCUT2D eigenvalue weighted by atomic mass is 10.1. The molecule has 0 spiro atoms. The van der Waals surface area contributed by atoms with Crippen LogP contribution in [0.2, 0.25) is 0 Å². The Balaban J connectivity index is 1.51. The zero-order valence-corrected chi connectivity index (χ0v) is 10.1. The molecule has 1 saturated heterocycles. The zero-order chi connectivity index (χ0) is 11.4. The SMILES string of the molecule is CN(C(=O)COCCC1CCNC1)C1CC1. The molecule has 1 unspecified atom stereocenters. The third-order valence-corrected chi connectivity index (χ3v) is 3.55. The zero-order valence-electron chi connectivity index (χ0n) is 10.1. The third-order valence-electron chi connectivity index (χ3n) is 3.55. The molecule has 0 aromatic carbocycles. The molecule has 1 aliphatic carbocycles. The Hall–Kier alpha value is -0.610. The number of nitrogens with zero attached hydrogens (tertiary/aromatic N) is 1. The van der Waals surface area contributed by atoms with Crippen LogP contribution < -0.4 is 5.32 Å². The number of carbonyl (C=O) groups is 1. The molecule has 4 nitrogen and oxygen atoms in total. The van der Waals surface area contributed by atoms with Crippen molar-refractivity contribution < 1.29 is 9.53 Å². The number of nitrogens with one attached hydrogen (secondary N) is 1. The lowest BCUT2D eigenvalue weighted by Crippen LogP contribution is -2.32. The molecular weight excluding hydrogens is 204 g/mol. The summed E-state index contributed by atoms with van der Waals surface area (Å²) in [6.07, 6.45) is 4.65. The van der Waals surface area contributed by atoms with E-state index in [9.17, 15) is 4.79 Å². The molecule has 1 aliphatic heterocycles. The van der Waals surface area contributed by atoms with Crippen LogP contribution in [0.5, 0.6) is 0 Å². The number of carbonyl (C=O) groups excluding carboxylic acids is 1. The molecule has 1 heterocycles. The quantitative estimate of drug-likeness (QED) is 0.675. The Morgan fingerprint density at radius 2 is 2.25 bits per heavy atom. The number of rotatable bonds is 6. The van der Waals surface area contributed by atoms with Crippen molar-refractivity contribution in [3.63, 3.8) is 0 Å². The van der Waals surface area contributed by atoms with Crippen LogP contribution >= 0.6 is 0 Å². The average molecular weight is 226 g/mol. The van der Waals surface area contributed by atoms with Crippen molar-refractivity contribution in [1.82, 2.24) is 10.2 Å². The molecule has 2 fully saturated rings. The second kappa shape index (κ2) is 5.64. The van der Waals surface area contributed by atoms with E-state index in [2.05, 4.69) is 5.32 Å². The number of amides is 1. The van der Waals surface area contributed by atoms with Crippen molar-refractivity contribution in [3.05, 3.63) is 0 Å². The van der Waals surface area contributed by atoms with Gasteiger partial charge in [-0.15, -0.1) is 0 Å². The highest BCUT2D eigenvalue weighted by Crippen LogP contribution is 2.25. The molecule has 92 valence electrons.